The third-order valence-electron chi connectivity index (χ3n) is 4.15. The Kier molecular flexibility index (Phi) is 4.28. The molecule has 0 atom stereocenters. The lowest BCUT2D eigenvalue weighted by atomic mass is 10.2. The van der Waals surface area contributed by atoms with Crippen LogP contribution in [0.2, 0.25) is 0 Å². The number of hydrogen-bond donors (Lipinski definition) is 1. The number of nitrogens with one attached hydrogen (secondary N) is 1. The Morgan fingerprint density at radius 3 is 2.89 bits per heavy atom. The summed E-state index contributed by atoms with van der Waals surface area (Å²) >= 11 is 1.20. The molecule has 4 rings (SSSR count). The smallest absolute Gasteiger partial charge is 0.267 e. The molecule has 0 saturated carbocycles. The molecule has 27 heavy (non-hydrogen) atoms. The Morgan fingerprint density at radius 2 is 2.11 bits per heavy atom. The lowest BCUT2D eigenvalue weighted by Gasteiger charge is -2.02. The molecule has 1 N–H and O–H groups in total. The molecular weight excluding hydrogens is 364 g/mol. The molecule has 0 unspecified atom stereocenters. The molecule has 8 nitrogen and oxygen atoms in total. The van der Waals surface area contributed by atoms with Gasteiger partial charge in [0.25, 0.3) is 11.5 Å². The summed E-state index contributed by atoms with van der Waals surface area (Å²) in [5.41, 5.74) is 1.35. The highest BCUT2D eigenvalue weighted by atomic mass is 32.1. The molecule has 0 aliphatic rings. The van der Waals surface area contributed by atoms with E-state index in [-0.39, 0.29) is 11.5 Å². The monoisotopic (exact) mass is 380 g/mol. The minimum Gasteiger partial charge on any atom is -0.304 e. The summed E-state index contributed by atoms with van der Waals surface area (Å²) in [6.07, 6.45) is 4.96. The average Bonchev–Trinajstić information content (AvgIpc) is 3.23. The van der Waals surface area contributed by atoms with Crippen LogP contribution in [-0.2, 0) is 13.6 Å². The Labute approximate surface area is 158 Å². The Balaban J connectivity index is 1.56. The number of nitrogens with zero attached hydrogens (tertiary/aromatic N) is 5. The number of hydrogen-bond acceptors (Lipinski definition) is 6. The second-order valence-corrected chi connectivity index (χ2v) is 7.07. The first-order chi connectivity index (χ1) is 13.0. The van der Waals surface area contributed by atoms with E-state index in [0.29, 0.717) is 33.0 Å². The van der Waals surface area contributed by atoms with Crippen LogP contribution in [0.15, 0.2) is 47.8 Å². The second-order valence-electron chi connectivity index (χ2n) is 6.07. The first kappa shape index (κ1) is 17.1. The Morgan fingerprint density at radius 1 is 1.26 bits per heavy atom. The fraction of sp³-hybridized carbons (Fsp3) is 0.167. The molecule has 4 heterocycles. The van der Waals surface area contributed by atoms with E-state index < -0.39 is 0 Å². The van der Waals surface area contributed by atoms with Crippen LogP contribution in [-0.4, -0.2) is 30.2 Å². The van der Waals surface area contributed by atoms with E-state index in [1.165, 1.54) is 22.2 Å². The third kappa shape index (κ3) is 3.24. The molecule has 4 aromatic heterocycles. The van der Waals surface area contributed by atoms with Crippen molar-refractivity contribution in [2.75, 3.05) is 5.32 Å². The quantitative estimate of drug-likeness (QED) is 0.586. The van der Waals surface area contributed by atoms with Crippen molar-refractivity contribution in [2.24, 2.45) is 7.05 Å². The van der Waals surface area contributed by atoms with Crippen molar-refractivity contribution in [1.29, 1.82) is 0 Å². The fourth-order valence-corrected chi connectivity index (χ4v) is 3.81. The highest BCUT2D eigenvalue weighted by Gasteiger charge is 2.19. The maximum absolute atomic E-state index is 12.7. The van der Waals surface area contributed by atoms with Gasteiger partial charge < -0.3 is 9.88 Å². The number of carbonyl (C=O) groups excluding carboxylic acids is 1. The van der Waals surface area contributed by atoms with Crippen molar-refractivity contribution in [2.45, 2.75) is 13.5 Å². The third-order valence-corrected chi connectivity index (χ3v) is 5.35. The van der Waals surface area contributed by atoms with Crippen molar-refractivity contribution in [3.8, 4) is 0 Å². The van der Waals surface area contributed by atoms with E-state index in [1.54, 1.807) is 37.1 Å². The number of rotatable bonds is 4. The Hall–Kier alpha value is -3.33. The molecular formula is C18H16N6O2S. The minimum absolute atomic E-state index is 0.160. The van der Waals surface area contributed by atoms with Gasteiger partial charge in [-0.25, -0.2) is 4.98 Å². The zero-order valence-corrected chi connectivity index (χ0v) is 15.5. The maximum Gasteiger partial charge on any atom is 0.267 e. The summed E-state index contributed by atoms with van der Waals surface area (Å²) in [6.45, 7) is 2.27. The van der Waals surface area contributed by atoms with E-state index >= 15 is 0 Å². The highest BCUT2D eigenvalue weighted by Crippen LogP contribution is 2.27. The van der Waals surface area contributed by atoms with E-state index in [9.17, 15) is 9.59 Å². The number of anilines is 1. The summed E-state index contributed by atoms with van der Waals surface area (Å²) in [5.74, 6) is 0.134. The van der Waals surface area contributed by atoms with Crippen molar-refractivity contribution >= 4 is 33.3 Å². The van der Waals surface area contributed by atoms with Crippen LogP contribution in [0, 0.1) is 6.92 Å². The zero-order chi connectivity index (χ0) is 19.0. The van der Waals surface area contributed by atoms with Gasteiger partial charge in [0.05, 0.1) is 28.8 Å². The molecule has 0 aliphatic heterocycles. The van der Waals surface area contributed by atoms with Gasteiger partial charge in [-0.1, -0.05) is 6.07 Å². The number of thiophene rings is 1. The standard InChI is InChI=1S/C18H16N6O2S/c1-11-14-17(20-10-23(2)18(14)26)27-15(11)16(25)21-13-6-8-24(22-13)9-12-5-3-4-7-19-12/h3-8,10H,9H2,1-2H3,(H,21,22,25). The summed E-state index contributed by atoms with van der Waals surface area (Å²) in [4.78, 5) is 34.5. The van der Waals surface area contributed by atoms with Crippen LogP contribution in [0.5, 0.6) is 0 Å². The van der Waals surface area contributed by atoms with Crippen LogP contribution in [0.1, 0.15) is 20.9 Å². The van der Waals surface area contributed by atoms with Gasteiger partial charge in [0.1, 0.15) is 4.83 Å². The predicted molar refractivity (Wildman–Crippen MR) is 103 cm³/mol. The van der Waals surface area contributed by atoms with E-state index in [1.807, 2.05) is 18.2 Å². The first-order valence-corrected chi connectivity index (χ1v) is 9.04. The summed E-state index contributed by atoms with van der Waals surface area (Å²) in [5, 5.41) is 7.62. The summed E-state index contributed by atoms with van der Waals surface area (Å²) < 4.78 is 3.11. The van der Waals surface area contributed by atoms with Crippen molar-refractivity contribution < 1.29 is 4.79 Å². The van der Waals surface area contributed by atoms with E-state index in [0.717, 1.165) is 5.69 Å². The summed E-state index contributed by atoms with van der Waals surface area (Å²) in [6, 6.07) is 7.40. The largest absolute Gasteiger partial charge is 0.304 e. The molecule has 136 valence electrons. The van der Waals surface area contributed by atoms with Crippen LogP contribution in [0.3, 0.4) is 0 Å². The Bertz CT molecular complexity index is 1190. The second kappa shape index (κ2) is 6.76. The minimum atomic E-state index is -0.305. The van der Waals surface area contributed by atoms with Crippen molar-refractivity contribution in [3.63, 3.8) is 0 Å². The number of fused-ring (bicyclic) bond motifs is 1. The van der Waals surface area contributed by atoms with Crippen molar-refractivity contribution in [1.82, 2.24) is 24.3 Å². The van der Waals surface area contributed by atoms with Gasteiger partial charge in [0.2, 0.25) is 0 Å². The molecule has 0 radical (unpaired) electrons. The molecule has 0 aliphatic carbocycles. The lowest BCUT2D eigenvalue weighted by Crippen LogP contribution is -2.17. The fourth-order valence-electron chi connectivity index (χ4n) is 2.77. The number of aromatic nitrogens is 5. The first-order valence-electron chi connectivity index (χ1n) is 8.22. The van der Waals surface area contributed by atoms with Gasteiger partial charge in [0, 0.05) is 25.5 Å². The summed E-state index contributed by atoms with van der Waals surface area (Å²) in [7, 11) is 1.64. The molecule has 0 bridgehead atoms. The SMILES string of the molecule is Cc1c(C(=O)Nc2ccn(Cc3ccccn3)n2)sc2ncn(C)c(=O)c12. The zero-order valence-electron chi connectivity index (χ0n) is 14.7. The number of amides is 1. The highest BCUT2D eigenvalue weighted by molar-refractivity contribution is 7.20. The molecule has 0 fully saturated rings. The number of pyridine rings is 1. The molecule has 1 amide bonds. The lowest BCUT2D eigenvalue weighted by molar-refractivity contribution is 0.102. The van der Waals surface area contributed by atoms with E-state index in [2.05, 4.69) is 20.4 Å². The van der Waals surface area contributed by atoms with Gasteiger partial charge in [-0.3, -0.25) is 19.3 Å². The van der Waals surface area contributed by atoms with Crippen LogP contribution >= 0.6 is 11.3 Å². The van der Waals surface area contributed by atoms with Gasteiger partial charge in [0.15, 0.2) is 5.82 Å². The molecule has 4 aromatic rings. The van der Waals surface area contributed by atoms with Gasteiger partial charge in [-0.15, -0.1) is 11.3 Å². The molecule has 0 spiro atoms. The number of aryl methyl sites for hydroxylation is 2. The van der Waals surface area contributed by atoms with Crippen LogP contribution in [0.25, 0.3) is 10.2 Å². The predicted octanol–water partition coefficient (Wildman–Crippen LogP) is 2.20. The van der Waals surface area contributed by atoms with E-state index in [4.69, 9.17) is 0 Å². The van der Waals surface area contributed by atoms with Gasteiger partial charge in [-0.05, 0) is 24.6 Å². The van der Waals surface area contributed by atoms with Crippen LogP contribution < -0.4 is 10.9 Å². The number of carbonyl (C=O) groups is 1. The topological polar surface area (TPSA) is 94.7 Å². The average molecular weight is 380 g/mol. The van der Waals surface area contributed by atoms with Gasteiger partial charge >= 0.3 is 0 Å². The maximum atomic E-state index is 12.7. The van der Waals surface area contributed by atoms with Crippen LogP contribution in [0.4, 0.5) is 5.82 Å². The van der Waals surface area contributed by atoms with Crippen molar-refractivity contribution in [3.05, 3.63) is 69.5 Å². The molecule has 0 aromatic carbocycles. The molecule has 9 heteroatoms. The normalized spacial score (nSPS) is 11.0. The van der Waals surface area contributed by atoms with Gasteiger partial charge in [-0.2, -0.15) is 5.10 Å². The molecule has 0 saturated heterocycles.